The molecule has 22 heavy (non-hydrogen) atoms. The van der Waals surface area contributed by atoms with Crippen LogP contribution < -0.4 is 15.5 Å². The smallest absolute Gasteiger partial charge is 0.271 e. The van der Waals surface area contributed by atoms with Gasteiger partial charge >= 0.3 is 0 Å². The minimum Gasteiger partial charge on any atom is -0.354 e. The maximum Gasteiger partial charge on any atom is 0.271 e. The number of hydrogen-bond donors (Lipinski definition) is 2. The lowest BCUT2D eigenvalue weighted by Crippen LogP contribution is -2.48. The molecule has 7 heteroatoms. The number of carbonyl (C=O) groups excluding carboxylic acids is 2. The van der Waals surface area contributed by atoms with Gasteiger partial charge in [-0.15, -0.1) is 10.2 Å². The van der Waals surface area contributed by atoms with Crippen molar-refractivity contribution in [2.75, 3.05) is 25.0 Å². The van der Waals surface area contributed by atoms with Gasteiger partial charge in [0, 0.05) is 32.6 Å². The summed E-state index contributed by atoms with van der Waals surface area (Å²) in [5, 5.41) is 13.7. The molecule has 120 valence electrons. The van der Waals surface area contributed by atoms with Crippen LogP contribution in [0, 0.1) is 0 Å². The lowest BCUT2D eigenvalue weighted by molar-refractivity contribution is -0.121. The average Bonchev–Trinajstić information content (AvgIpc) is 2.54. The molecular formula is C15H23N5O2. The summed E-state index contributed by atoms with van der Waals surface area (Å²) in [6.45, 7) is 3.61. The highest BCUT2D eigenvalue weighted by Crippen LogP contribution is 2.17. The highest BCUT2D eigenvalue weighted by molar-refractivity contribution is 5.91. The molecule has 2 heterocycles. The molecule has 1 atom stereocenters. The molecule has 1 unspecified atom stereocenters. The number of amides is 2. The predicted molar refractivity (Wildman–Crippen MR) is 83.7 cm³/mol. The van der Waals surface area contributed by atoms with Crippen LogP contribution in [0.1, 0.15) is 43.1 Å². The van der Waals surface area contributed by atoms with E-state index in [1.54, 1.807) is 19.2 Å². The fourth-order valence-electron chi connectivity index (χ4n) is 2.57. The van der Waals surface area contributed by atoms with Crippen LogP contribution in [0.5, 0.6) is 0 Å². The zero-order chi connectivity index (χ0) is 15.9. The minimum absolute atomic E-state index is 0.107. The van der Waals surface area contributed by atoms with Gasteiger partial charge in [-0.25, -0.2) is 0 Å². The lowest BCUT2D eigenvalue weighted by Gasteiger charge is -2.33. The Labute approximate surface area is 130 Å². The standard InChI is InChI=1S/C15H23N5O2/c1-3-5-14(21)17-11-6-4-9-20(10-11)13-8-7-12(18-19-13)15(22)16-2/h7-8,11H,3-6,9-10H2,1-2H3,(H,16,22)(H,17,21). The summed E-state index contributed by atoms with van der Waals surface area (Å²) in [7, 11) is 1.56. The SMILES string of the molecule is CCCC(=O)NC1CCCN(c2ccc(C(=O)NC)nn2)C1. The molecule has 1 fully saturated rings. The Bertz CT molecular complexity index is 517. The van der Waals surface area contributed by atoms with Crippen LogP contribution in [0.25, 0.3) is 0 Å². The normalized spacial score (nSPS) is 17.9. The quantitative estimate of drug-likeness (QED) is 0.837. The molecule has 0 bridgehead atoms. The molecule has 0 aliphatic carbocycles. The molecule has 0 radical (unpaired) electrons. The van der Waals surface area contributed by atoms with Crippen molar-refractivity contribution in [3.8, 4) is 0 Å². The minimum atomic E-state index is -0.248. The van der Waals surface area contributed by atoms with Crippen LogP contribution in [0.4, 0.5) is 5.82 Å². The Morgan fingerprint density at radius 1 is 1.36 bits per heavy atom. The van der Waals surface area contributed by atoms with E-state index in [2.05, 4.69) is 25.7 Å². The van der Waals surface area contributed by atoms with Crippen LogP contribution in [0.3, 0.4) is 0 Å². The summed E-state index contributed by atoms with van der Waals surface area (Å²) in [6, 6.07) is 3.61. The Morgan fingerprint density at radius 2 is 2.18 bits per heavy atom. The summed E-state index contributed by atoms with van der Waals surface area (Å²) in [4.78, 5) is 25.3. The van der Waals surface area contributed by atoms with Gasteiger partial charge in [-0.05, 0) is 31.4 Å². The molecule has 0 aromatic carbocycles. The lowest BCUT2D eigenvalue weighted by atomic mass is 10.1. The fraction of sp³-hybridized carbons (Fsp3) is 0.600. The van der Waals surface area contributed by atoms with Crippen molar-refractivity contribution in [1.29, 1.82) is 0 Å². The Kier molecular flexibility index (Phi) is 5.68. The molecule has 1 aliphatic heterocycles. The molecule has 1 aromatic heterocycles. The third-order valence-corrected chi connectivity index (χ3v) is 3.70. The first kappa shape index (κ1) is 16.2. The number of hydrogen-bond acceptors (Lipinski definition) is 5. The van der Waals surface area contributed by atoms with Gasteiger partial charge in [-0.1, -0.05) is 6.92 Å². The Balaban J connectivity index is 1.97. The molecule has 1 saturated heterocycles. The average molecular weight is 305 g/mol. The number of rotatable bonds is 5. The van der Waals surface area contributed by atoms with Crippen molar-refractivity contribution in [3.05, 3.63) is 17.8 Å². The molecule has 1 aliphatic rings. The van der Waals surface area contributed by atoms with Crippen molar-refractivity contribution in [1.82, 2.24) is 20.8 Å². The summed E-state index contributed by atoms with van der Waals surface area (Å²) >= 11 is 0. The number of piperidine rings is 1. The zero-order valence-corrected chi connectivity index (χ0v) is 13.1. The van der Waals surface area contributed by atoms with Gasteiger partial charge in [0.1, 0.15) is 0 Å². The van der Waals surface area contributed by atoms with Gasteiger partial charge in [-0.3, -0.25) is 9.59 Å². The zero-order valence-electron chi connectivity index (χ0n) is 13.1. The third-order valence-electron chi connectivity index (χ3n) is 3.70. The van der Waals surface area contributed by atoms with Crippen LogP contribution in [-0.4, -0.2) is 48.2 Å². The van der Waals surface area contributed by atoms with Crippen molar-refractivity contribution in [2.45, 2.75) is 38.6 Å². The molecule has 0 saturated carbocycles. The molecule has 7 nitrogen and oxygen atoms in total. The van der Waals surface area contributed by atoms with Crippen LogP contribution in [0.15, 0.2) is 12.1 Å². The maximum atomic E-state index is 11.7. The Hall–Kier alpha value is -2.18. The molecule has 2 amide bonds. The van der Waals surface area contributed by atoms with E-state index in [0.29, 0.717) is 12.1 Å². The second-order valence-electron chi connectivity index (χ2n) is 5.46. The van der Waals surface area contributed by atoms with E-state index in [4.69, 9.17) is 0 Å². The monoisotopic (exact) mass is 305 g/mol. The van der Waals surface area contributed by atoms with Gasteiger partial charge < -0.3 is 15.5 Å². The van der Waals surface area contributed by atoms with Gasteiger partial charge in [0.05, 0.1) is 0 Å². The van der Waals surface area contributed by atoms with Gasteiger partial charge in [0.25, 0.3) is 5.91 Å². The number of nitrogens with zero attached hydrogens (tertiary/aromatic N) is 3. The van der Waals surface area contributed by atoms with Crippen LogP contribution >= 0.6 is 0 Å². The number of anilines is 1. The molecule has 0 spiro atoms. The highest BCUT2D eigenvalue weighted by atomic mass is 16.2. The molecule has 1 aromatic rings. The maximum absolute atomic E-state index is 11.7. The molecule has 2 N–H and O–H groups in total. The number of aromatic nitrogens is 2. The van der Waals surface area contributed by atoms with E-state index in [1.165, 1.54) is 0 Å². The number of carbonyl (C=O) groups is 2. The first-order valence-electron chi connectivity index (χ1n) is 7.74. The second-order valence-corrected chi connectivity index (χ2v) is 5.46. The van der Waals surface area contributed by atoms with E-state index in [-0.39, 0.29) is 17.9 Å². The van der Waals surface area contributed by atoms with Gasteiger partial charge in [-0.2, -0.15) is 0 Å². The van der Waals surface area contributed by atoms with Gasteiger partial charge in [0.15, 0.2) is 11.5 Å². The molecule has 2 rings (SSSR count). The van der Waals surface area contributed by atoms with Crippen LogP contribution in [-0.2, 0) is 4.79 Å². The molecular weight excluding hydrogens is 282 g/mol. The van der Waals surface area contributed by atoms with E-state index < -0.39 is 0 Å². The van der Waals surface area contributed by atoms with Crippen molar-refractivity contribution in [3.63, 3.8) is 0 Å². The third kappa shape index (κ3) is 4.16. The van der Waals surface area contributed by atoms with Gasteiger partial charge in [0.2, 0.25) is 5.91 Å². The topological polar surface area (TPSA) is 87.2 Å². The largest absolute Gasteiger partial charge is 0.354 e. The van der Waals surface area contributed by atoms with Crippen molar-refractivity contribution >= 4 is 17.6 Å². The predicted octanol–water partition coefficient (Wildman–Crippen LogP) is 0.721. The summed E-state index contributed by atoms with van der Waals surface area (Å²) in [5.74, 6) is 0.597. The fourth-order valence-corrected chi connectivity index (χ4v) is 2.57. The van der Waals surface area contributed by atoms with Crippen molar-refractivity contribution < 1.29 is 9.59 Å². The van der Waals surface area contributed by atoms with E-state index in [1.807, 2.05) is 6.92 Å². The van der Waals surface area contributed by atoms with Crippen LogP contribution in [0.2, 0.25) is 0 Å². The number of nitrogens with one attached hydrogen (secondary N) is 2. The van der Waals surface area contributed by atoms with E-state index >= 15 is 0 Å². The van der Waals surface area contributed by atoms with E-state index in [9.17, 15) is 9.59 Å². The first-order valence-corrected chi connectivity index (χ1v) is 7.74. The van der Waals surface area contributed by atoms with Crippen molar-refractivity contribution in [2.24, 2.45) is 0 Å². The summed E-state index contributed by atoms with van der Waals surface area (Å²) in [5.41, 5.74) is 0.302. The summed E-state index contributed by atoms with van der Waals surface area (Å²) in [6.07, 6.45) is 3.40. The first-order chi connectivity index (χ1) is 10.6. The highest BCUT2D eigenvalue weighted by Gasteiger charge is 2.22. The second kappa shape index (κ2) is 7.72. The van der Waals surface area contributed by atoms with E-state index in [0.717, 1.165) is 38.2 Å². The summed E-state index contributed by atoms with van der Waals surface area (Å²) < 4.78 is 0. The Morgan fingerprint density at radius 3 is 2.82 bits per heavy atom.